The van der Waals surface area contributed by atoms with Crippen LogP contribution in [0.1, 0.15) is 64.7 Å². The fourth-order valence-corrected chi connectivity index (χ4v) is 2.96. The van der Waals surface area contributed by atoms with Crippen LogP contribution in [0, 0.1) is 0 Å². The molecule has 0 aliphatic carbocycles. The number of aliphatic hydroxyl groups excluding tert-OH is 3. The third kappa shape index (κ3) is 9.48. The number of ether oxygens (including phenoxy) is 1. The van der Waals surface area contributed by atoms with Gasteiger partial charge >= 0.3 is 5.97 Å². The predicted octanol–water partition coefficient (Wildman–Crippen LogP) is 2.56. The van der Waals surface area contributed by atoms with Gasteiger partial charge < -0.3 is 25.2 Å². The molecule has 1 fully saturated rings. The lowest BCUT2D eigenvalue weighted by atomic mass is 10.0. The molecule has 5 atom stereocenters. The van der Waals surface area contributed by atoms with E-state index in [-0.39, 0.29) is 6.42 Å². The summed E-state index contributed by atoms with van der Waals surface area (Å²) in [5, 5.41) is 38.7. The molecule has 6 nitrogen and oxygen atoms in total. The summed E-state index contributed by atoms with van der Waals surface area (Å²) in [6.45, 7) is 2.11. The van der Waals surface area contributed by atoms with Gasteiger partial charge in [0.25, 0.3) is 0 Å². The fraction of sp³-hybridized carbons (Fsp3) is 0.750. The van der Waals surface area contributed by atoms with Crippen molar-refractivity contribution in [1.29, 1.82) is 0 Å². The van der Waals surface area contributed by atoms with Gasteiger partial charge in [-0.2, -0.15) is 0 Å². The molecule has 4 N–H and O–H groups in total. The number of hydrogen-bond acceptors (Lipinski definition) is 5. The Morgan fingerprint density at radius 2 is 2.00 bits per heavy atom. The SMILES string of the molecule is CCCCC[C@@H](O)/C=C/[C@H]1O[C@@H]([C@@H](O)C/C=C\CCCC(=O)O)C[C@@H]1O. The van der Waals surface area contributed by atoms with Gasteiger partial charge in [-0.25, -0.2) is 0 Å². The van der Waals surface area contributed by atoms with Gasteiger partial charge in [-0.15, -0.1) is 0 Å². The monoisotopic (exact) mass is 370 g/mol. The molecule has 0 aromatic heterocycles. The molecule has 150 valence electrons. The summed E-state index contributed by atoms with van der Waals surface area (Å²) in [4.78, 5) is 10.4. The van der Waals surface area contributed by atoms with Crippen LogP contribution >= 0.6 is 0 Å². The second-order valence-corrected chi connectivity index (χ2v) is 6.95. The lowest BCUT2D eigenvalue weighted by Gasteiger charge is -2.16. The maximum absolute atomic E-state index is 10.4. The highest BCUT2D eigenvalue weighted by Gasteiger charge is 2.35. The summed E-state index contributed by atoms with van der Waals surface area (Å²) in [5.74, 6) is -0.804. The third-order valence-corrected chi connectivity index (χ3v) is 4.55. The number of hydrogen-bond donors (Lipinski definition) is 4. The number of aliphatic hydroxyl groups is 3. The Bertz CT molecular complexity index is 448. The summed E-state index contributed by atoms with van der Waals surface area (Å²) in [6, 6.07) is 0. The molecule has 0 unspecified atom stereocenters. The largest absolute Gasteiger partial charge is 0.481 e. The van der Waals surface area contributed by atoms with E-state index in [9.17, 15) is 20.1 Å². The van der Waals surface area contributed by atoms with Gasteiger partial charge in [0, 0.05) is 12.8 Å². The number of allylic oxidation sites excluding steroid dienone is 1. The zero-order valence-corrected chi connectivity index (χ0v) is 15.7. The van der Waals surface area contributed by atoms with Gasteiger partial charge in [-0.1, -0.05) is 50.5 Å². The van der Waals surface area contributed by atoms with E-state index in [1.54, 1.807) is 12.2 Å². The van der Waals surface area contributed by atoms with Gasteiger partial charge in [0.05, 0.1) is 24.4 Å². The smallest absolute Gasteiger partial charge is 0.303 e. The van der Waals surface area contributed by atoms with Gasteiger partial charge in [0.1, 0.15) is 6.10 Å². The molecule has 1 aliphatic heterocycles. The highest BCUT2D eigenvalue weighted by atomic mass is 16.5. The summed E-state index contributed by atoms with van der Waals surface area (Å²) in [6.07, 6.45) is 10.2. The Morgan fingerprint density at radius 3 is 2.69 bits per heavy atom. The van der Waals surface area contributed by atoms with Crippen molar-refractivity contribution >= 4 is 5.97 Å². The molecule has 1 saturated heterocycles. The van der Waals surface area contributed by atoms with Crippen LogP contribution in [0.2, 0.25) is 0 Å². The molecular weight excluding hydrogens is 336 g/mol. The van der Waals surface area contributed by atoms with Crippen LogP contribution in [0.3, 0.4) is 0 Å². The molecule has 0 aromatic rings. The van der Waals surface area contributed by atoms with Crippen molar-refractivity contribution in [3.05, 3.63) is 24.3 Å². The first-order valence-corrected chi connectivity index (χ1v) is 9.68. The molecule has 6 heteroatoms. The van der Waals surface area contributed by atoms with Crippen LogP contribution in [0.4, 0.5) is 0 Å². The summed E-state index contributed by atoms with van der Waals surface area (Å²) >= 11 is 0. The Hall–Kier alpha value is -1.21. The lowest BCUT2D eigenvalue weighted by molar-refractivity contribution is -0.137. The van der Waals surface area contributed by atoms with Crippen molar-refractivity contribution in [2.24, 2.45) is 0 Å². The first kappa shape index (κ1) is 22.8. The molecule has 1 heterocycles. The summed E-state index contributed by atoms with van der Waals surface area (Å²) in [7, 11) is 0. The molecule has 0 spiro atoms. The normalized spacial score (nSPS) is 25.9. The van der Waals surface area contributed by atoms with E-state index in [1.165, 1.54) is 0 Å². The molecule has 26 heavy (non-hydrogen) atoms. The van der Waals surface area contributed by atoms with Crippen molar-refractivity contribution in [1.82, 2.24) is 0 Å². The Morgan fingerprint density at radius 1 is 1.23 bits per heavy atom. The number of unbranched alkanes of at least 4 members (excludes halogenated alkanes) is 3. The van der Waals surface area contributed by atoms with Crippen LogP contribution in [0.15, 0.2) is 24.3 Å². The van der Waals surface area contributed by atoms with Gasteiger partial charge in [-0.3, -0.25) is 4.79 Å². The van der Waals surface area contributed by atoms with E-state index < -0.39 is 36.5 Å². The number of aliphatic carboxylic acids is 1. The first-order valence-electron chi connectivity index (χ1n) is 9.68. The lowest BCUT2D eigenvalue weighted by Crippen LogP contribution is -2.25. The summed E-state index contributed by atoms with van der Waals surface area (Å²) < 4.78 is 5.71. The summed E-state index contributed by atoms with van der Waals surface area (Å²) in [5.41, 5.74) is 0. The van der Waals surface area contributed by atoms with Crippen LogP contribution in [-0.4, -0.2) is 56.9 Å². The average molecular weight is 370 g/mol. The second-order valence-electron chi connectivity index (χ2n) is 6.95. The second kappa shape index (κ2) is 13.0. The molecule has 1 rings (SSSR count). The molecule has 0 aromatic carbocycles. The molecule has 1 aliphatic rings. The Labute approximate surface area is 156 Å². The maximum Gasteiger partial charge on any atom is 0.303 e. The fourth-order valence-electron chi connectivity index (χ4n) is 2.96. The zero-order chi connectivity index (χ0) is 19.4. The molecule has 0 saturated carbocycles. The van der Waals surface area contributed by atoms with Crippen molar-refractivity contribution in [2.75, 3.05) is 0 Å². The Kier molecular flexibility index (Phi) is 11.4. The molecule has 0 amide bonds. The van der Waals surface area contributed by atoms with E-state index in [4.69, 9.17) is 9.84 Å². The van der Waals surface area contributed by atoms with Crippen LogP contribution in [0.25, 0.3) is 0 Å². The van der Waals surface area contributed by atoms with Crippen molar-refractivity contribution in [3.8, 4) is 0 Å². The highest BCUT2D eigenvalue weighted by molar-refractivity contribution is 5.66. The van der Waals surface area contributed by atoms with E-state index >= 15 is 0 Å². The number of rotatable bonds is 13. The van der Waals surface area contributed by atoms with Crippen molar-refractivity contribution in [2.45, 2.75) is 95.2 Å². The average Bonchev–Trinajstić information content (AvgIpc) is 2.97. The molecular formula is C20H34O6. The van der Waals surface area contributed by atoms with Gasteiger partial charge in [0.2, 0.25) is 0 Å². The van der Waals surface area contributed by atoms with Crippen LogP contribution in [0.5, 0.6) is 0 Å². The Balaban J connectivity index is 2.30. The van der Waals surface area contributed by atoms with Crippen molar-refractivity contribution in [3.63, 3.8) is 0 Å². The number of carbonyl (C=O) groups is 1. The minimum atomic E-state index is -0.804. The zero-order valence-electron chi connectivity index (χ0n) is 15.7. The number of carboxylic acids is 1. The quantitative estimate of drug-likeness (QED) is 0.293. The highest BCUT2D eigenvalue weighted by Crippen LogP contribution is 2.25. The van der Waals surface area contributed by atoms with E-state index in [1.807, 2.05) is 12.2 Å². The van der Waals surface area contributed by atoms with E-state index in [0.29, 0.717) is 32.1 Å². The van der Waals surface area contributed by atoms with Crippen LogP contribution in [-0.2, 0) is 9.53 Å². The minimum absolute atomic E-state index is 0.142. The predicted molar refractivity (Wildman–Crippen MR) is 99.8 cm³/mol. The van der Waals surface area contributed by atoms with Gasteiger partial charge in [0.15, 0.2) is 0 Å². The first-order chi connectivity index (χ1) is 12.4. The minimum Gasteiger partial charge on any atom is -0.481 e. The number of carboxylic acid groups (broad SMARTS) is 1. The molecule has 0 bridgehead atoms. The topological polar surface area (TPSA) is 107 Å². The van der Waals surface area contributed by atoms with E-state index in [0.717, 1.165) is 19.3 Å². The standard InChI is InChI=1S/C20H34O6/c1-2-3-6-9-15(21)12-13-18-17(23)14-19(26-18)16(22)10-7-4-5-8-11-20(24)25/h4,7,12-13,15-19,21-23H,2-3,5-6,8-11,14H2,1H3,(H,24,25)/b7-4-,13-12+/t15-,16+,17+,18-,19-/m1/s1. The maximum atomic E-state index is 10.4. The van der Waals surface area contributed by atoms with E-state index in [2.05, 4.69) is 6.92 Å². The molecule has 0 radical (unpaired) electrons. The van der Waals surface area contributed by atoms with Crippen molar-refractivity contribution < 1.29 is 30.0 Å². The van der Waals surface area contributed by atoms with Crippen LogP contribution < -0.4 is 0 Å². The van der Waals surface area contributed by atoms with Gasteiger partial charge in [-0.05, 0) is 25.7 Å². The third-order valence-electron chi connectivity index (χ3n) is 4.55.